The lowest BCUT2D eigenvalue weighted by Gasteiger charge is -2.24. The predicted molar refractivity (Wildman–Crippen MR) is 128 cm³/mol. The Balaban J connectivity index is 1.85. The highest BCUT2D eigenvalue weighted by Crippen LogP contribution is 2.48. The fraction of sp³-hybridized carbons (Fsp3) is 0.0385. The second-order valence-corrected chi connectivity index (χ2v) is 9.95. The highest BCUT2D eigenvalue weighted by molar-refractivity contribution is 7.78. The van der Waals surface area contributed by atoms with Crippen molar-refractivity contribution >= 4 is 17.8 Å². The van der Waals surface area contributed by atoms with E-state index in [2.05, 4.69) is 10.0 Å². The number of hydrogen-bond acceptors (Lipinski definition) is 2. The fourth-order valence-corrected chi connectivity index (χ4v) is 6.34. The molecule has 0 saturated carbocycles. The smallest absolute Gasteiger partial charge is 0.144 e. The summed E-state index contributed by atoms with van der Waals surface area (Å²) in [4.78, 5) is 3.09. The van der Waals surface area contributed by atoms with Crippen LogP contribution in [-0.2, 0) is 4.57 Å². The number of azide groups is 1. The first-order valence-corrected chi connectivity index (χ1v) is 11.9. The van der Waals surface area contributed by atoms with Crippen LogP contribution in [0.25, 0.3) is 21.6 Å². The van der Waals surface area contributed by atoms with Crippen molar-refractivity contribution in [1.82, 2.24) is 0 Å². The summed E-state index contributed by atoms with van der Waals surface area (Å²) in [6, 6.07) is 37.0. The first-order chi connectivity index (χ1) is 15.2. The molecule has 0 heterocycles. The molecular weight excluding hydrogens is 401 g/mol. The van der Waals surface area contributed by atoms with Gasteiger partial charge in [-0.1, -0.05) is 120 Å². The summed E-state index contributed by atoms with van der Waals surface area (Å²) in [6.07, 6.45) is 0.134. The van der Waals surface area contributed by atoms with Crippen LogP contribution >= 0.6 is 7.14 Å². The molecule has 0 atom stereocenters. The molecule has 0 saturated heterocycles. The molecule has 0 spiro atoms. The summed E-state index contributed by atoms with van der Waals surface area (Å²) < 4.78 is 14.5. The molecular formula is C26H21N3OP. The Morgan fingerprint density at radius 3 is 1.74 bits per heavy atom. The van der Waals surface area contributed by atoms with Crippen molar-refractivity contribution in [1.29, 1.82) is 0 Å². The lowest BCUT2D eigenvalue weighted by molar-refractivity contribution is 0.587. The van der Waals surface area contributed by atoms with Crippen LogP contribution < -0.4 is 10.6 Å². The van der Waals surface area contributed by atoms with Crippen LogP contribution in [0.3, 0.4) is 0 Å². The van der Waals surface area contributed by atoms with Crippen molar-refractivity contribution in [2.75, 3.05) is 6.16 Å². The third kappa shape index (κ3) is 4.46. The molecule has 0 amide bonds. The van der Waals surface area contributed by atoms with Crippen molar-refractivity contribution < 1.29 is 4.57 Å². The van der Waals surface area contributed by atoms with Crippen molar-refractivity contribution in [2.45, 2.75) is 0 Å². The van der Waals surface area contributed by atoms with Gasteiger partial charge in [-0.25, -0.2) is 0 Å². The van der Waals surface area contributed by atoms with Crippen molar-refractivity contribution in [2.24, 2.45) is 5.11 Å². The zero-order valence-electron chi connectivity index (χ0n) is 16.9. The summed E-state index contributed by atoms with van der Waals surface area (Å²) in [5.74, 6) is 0. The van der Waals surface area contributed by atoms with Crippen LogP contribution in [0.4, 0.5) is 0 Å². The zero-order valence-corrected chi connectivity index (χ0v) is 17.8. The largest absolute Gasteiger partial charge is 0.314 e. The molecule has 0 fully saturated rings. The van der Waals surface area contributed by atoms with Gasteiger partial charge in [0.2, 0.25) is 0 Å². The van der Waals surface area contributed by atoms with E-state index >= 15 is 0 Å². The van der Waals surface area contributed by atoms with Crippen LogP contribution in [0, 0.1) is 6.04 Å². The number of rotatable bonds is 7. The molecule has 31 heavy (non-hydrogen) atoms. The van der Waals surface area contributed by atoms with Gasteiger partial charge in [0.15, 0.2) is 0 Å². The Morgan fingerprint density at radius 1 is 0.710 bits per heavy atom. The van der Waals surface area contributed by atoms with E-state index in [1.807, 2.05) is 115 Å². The highest BCUT2D eigenvalue weighted by Gasteiger charge is 2.32. The van der Waals surface area contributed by atoms with E-state index in [1.54, 1.807) is 0 Å². The van der Waals surface area contributed by atoms with E-state index in [-0.39, 0.29) is 6.16 Å². The Kier molecular flexibility index (Phi) is 6.33. The van der Waals surface area contributed by atoms with Gasteiger partial charge in [-0.15, -0.1) is 0 Å². The van der Waals surface area contributed by atoms with Crippen LogP contribution in [0.2, 0.25) is 0 Å². The monoisotopic (exact) mass is 422 g/mol. The summed E-state index contributed by atoms with van der Waals surface area (Å²) in [5, 5.41) is 5.52. The first kappa shape index (κ1) is 20.7. The first-order valence-electron chi connectivity index (χ1n) is 9.98. The minimum atomic E-state index is -3.09. The van der Waals surface area contributed by atoms with Crippen LogP contribution in [0.5, 0.6) is 0 Å². The summed E-state index contributed by atoms with van der Waals surface area (Å²) in [5.41, 5.74) is 12.1. The Labute approximate surface area is 182 Å². The van der Waals surface area contributed by atoms with Gasteiger partial charge in [0, 0.05) is 21.7 Å². The molecule has 151 valence electrons. The second kappa shape index (κ2) is 9.49. The Hall–Kier alpha value is -3.58. The van der Waals surface area contributed by atoms with Gasteiger partial charge in [-0.05, 0) is 22.2 Å². The van der Waals surface area contributed by atoms with Gasteiger partial charge in [0.05, 0.1) is 6.04 Å². The van der Waals surface area contributed by atoms with E-state index in [0.717, 1.165) is 27.3 Å². The number of nitrogens with zero attached hydrogens (tertiary/aromatic N) is 3. The average Bonchev–Trinajstić information content (AvgIpc) is 2.85. The van der Waals surface area contributed by atoms with E-state index in [0.29, 0.717) is 6.04 Å². The molecule has 4 aromatic carbocycles. The number of benzene rings is 4. The van der Waals surface area contributed by atoms with E-state index in [9.17, 15) is 10.1 Å². The van der Waals surface area contributed by atoms with Gasteiger partial charge >= 0.3 is 0 Å². The second-order valence-electron chi connectivity index (χ2n) is 7.12. The minimum Gasteiger partial charge on any atom is -0.314 e. The van der Waals surface area contributed by atoms with E-state index in [4.69, 9.17) is 0 Å². The highest BCUT2D eigenvalue weighted by atomic mass is 31.2. The van der Waals surface area contributed by atoms with Crippen LogP contribution in [0.15, 0.2) is 120 Å². The molecule has 0 aliphatic rings. The van der Waals surface area contributed by atoms with Gasteiger partial charge in [0.1, 0.15) is 7.14 Å². The van der Waals surface area contributed by atoms with E-state index in [1.165, 1.54) is 0 Å². The molecule has 4 rings (SSSR count). The SMILES string of the molecule is [N-]=[N+]=N[C](CP(=O)(c1ccccc1)c1ccccc1)c1ccccc1-c1ccccc1. The summed E-state index contributed by atoms with van der Waals surface area (Å²) >= 11 is 0. The van der Waals surface area contributed by atoms with Gasteiger partial charge < -0.3 is 4.57 Å². The van der Waals surface area contributed by atoms with Crippen LogP contribution in [-0.4, -0.2) is 6.16 Å². The lowest BCUT2D eigenvalue weighted by atomic mass is 9.96. The van der Waals surface area contributed by atoms with Crippen LogP contribution in [0.1, 0.15) is 5.56 Å². The third-order valence-electron chi connectivity index (χ3n) is 5.21. The van der Waals surface area contributed by atoms with Gasteiger partial charge in [-0.3, -0.25) is 0 Å². The van der Waals surface area contributed by atoms with Crippen molar-refractivity contribution in [3.63, 3.8) is 0 Å². The Morgan fingerprint density at radius 2 is 1.19 bits per heavy atom. The molecule has 0 N–H and O–H groups in total. The maximum atomic E-state index is 14.5. The zero-order chi connectivity index (χ0) is 21.5. The van der Waals surface area contributed by atoms with Crippen molar-refractivity contribution in [3.05, 3.63) is 137 Å². The predicted octanol–water partition coefficient (Wildman–Crippen LogP) is 6.56. The molecule has 0 bridgehead atoms. The minimum absolute atomic E-state index is 0.134. The standard InChI is InChI=1S/C26H21N3OP/c27-29-28-26(25-19-11-10-18-24(25)21-12-4-1-5-13-21)20-31(30,22-14-6-2-7-15-22)23-16-8-3-9-17-23/h1-19H,20H2. The third-order valence-corrected chi connectivity index (χ3v) is 8.22. The molecule has 0 aliphatic heterocycles. The maximum Gasteiger partial charge on any atom is 0.144 e. The summed E-state index contributed by atoms with van der Waals surface area (Å²) in [7, 11) is -3.09. The topological polar surface area (TPSA) is 65.8 Å². The summed E-state index contributed by atoms with van der Waals surface area (Å²) in [6.45, 7) is 0. The molecule has 5 heteroatoms. The van der Waals surface area contributed by atoms with Gasteiger partial charge in [-0.2, -0.15) is 0 Å². The molecule has 4 nitrogen and oxygen atoms in total. The maximum absolute atomic E-state index is 14.5. The lowest BCUT2D eigenvalue weighted by Crippen LogP contribution is -2.21. The molecule has 0 unspecified atom stereocenters. The Bertz CT molecular complexity index is 1190. The van der Waals surface area contributed by atoms with E-state index < -0.39 is 7.14 Å². The van der Waals surface area contributed by atoms with Gasteiger partial charge in [0.25, 0.3) is 0 Å². The molecule has 0 aromatic heterocycles. The molecule has 0 aliphatic carbocycles. The average molecular weight is 422 g/mol. The van der Waals surface area contributed by atoms with Crippen molar-refractivity contribution in [3.8, 4) is 11.1 Å². The normalized spacial score (nSPS) is 11.1. The number of hydrogen-bond donors (Lipinski definition) is 0. The molecule has 4 aromatic rings. The fourth-order valence-electron chi connectivity index (χ4n) is 3.71. The quantitative estimate of drug-likeness (QED) is 0.144. The molecule has 1 radical (unpaired) electrons.